The molecule has 2 aliphatic heterocycles. The normalized spacial score (nSPS) is 17.9. The molecule has 0 aliphatic carbocycles. The zero-order chi connectivity index (χ0) is 22.0. The van der Waals surface area contributed by atoms with E-state index in [1.54, 1.807) is 44.6 Å². The molecule has 2 saturated heterocycles. The highest BCUT2D eigenvalue weighted by Gasteiger charge is 2.34. The molecule has 160 valence electrons. The van der Waals surface area contributed by atoms with Crippen LogP contribution < -0.4 is 24.6 Å². The van der Waals surface area contributed by atoms with Gasteiger partial charge in [0, 0.05) is 24.7 Å². The van der Waals surface area contributed by atoms with Crippen molar-refractivity contribution < 1.29 is 19.1 Å². The maximum absolute atomic E-state index is 13.2. The fourth-order valence-electron chi connectivity index (χ4n) is 3.85. The first-order valence-electron chi connectivity index (χ1n) is 10.0. The van der Waals surface area contributed by atoms with Crippen LogP contribution in [0.25, 0.3) is 6.08 Å². The summed E-state index contributed by atoms with van der Waals surface area (Å²) in [5.41, 5.74) is 2.05. The zero-order valence-corrected chi connectivity index (χ0v) is 18.2. The Kier molecular flexibility index (Phi) is 5.90. The zero-order valence-electron chi connectivity index (χ0n) is 17.4. The summed E-state index contributed by atoms with van der Waals surface area (Å²) < 4.78 is 11.2. The third-order valence-electron chi connectivity index (χ3n) is 5.39. The summed E-state index contributed by atoms with van der Waals surface area (Å²) in [5.74, 6) is 0.167. The van der Waals surface area contributed by atoms with Crippen LogP contribution >= 0.6 is 12.2 Å². The van der Waals surface area contributed by atoms with Crippen LogP contribution in [0, 0.1) is 0 Å². The van der Waals surface area contributed by atoms with Gasteiger partial charge < -0.3 is 14.4 Å². The Labute approximate surface area is 186 Å². The van der Waals surface area contributed by atoms with Crippen LogP contribution in [0.2, 0.25) is 0 Å². The van der Waals surface area contributed by atoms with Gasteiger partial charge in [-0.25, -0.2) is 0 Å². The number of nitrogens with one attached hydrogen (secondary N) is 1. The molecule has 0 spiro atoms. The fourth-order valence-corrected chi connectivity index (χ4v) is 4.13. The molecule has 31 heavy (non-hydrogen) atoms. The van der Waals surface area contributed by atoms with Gasteiger partial charge in [0.1, 0.15) is 17.1 Å². The predicted octanol–water partition coefficient (Wildman–Crippen LogP) is 3.14. The van der Waals surface area contributed by atoms with Gasteiger partial charge >= 0.3 is 0 Å². The summed E-state index contributed by atoms with van der Waals surface area (Å²) in [6.07, 6.45) is 3.77. The largest absolute Gasteiger partial charge is 0.496 e. The summed E-state index contributed by atoms with van der Waals surface area (Å²) >= 11 is 5.24. The number of thiocarbonyl (C=S) groups is 1. The molecule has 0 aromatic heterocycles. The second-order valence-electron chi connectivity index (χ2n) is 7.25. The highest BCUT2D eigenvalue weighted by atomic mass is 32.1. The minimum atomic E-state index is -0.549. The average molecular weight is 438 g/mol. The summed E-state index contributed by atoms with van der Waals surface area (Å²) in [7, 11) is 3.16. The van der Waals surface area contributed by atoms with E-state index in [2.05, 4.69) is 10.2 Å². The second-order valence-corrected chi connectivity index (χ2v) is 7.64. The Bertz CT molecular complexity index is 1060. The number of ether oxygens (including phenoxy) is 2. The lowest BCUT2D eigenvalue weighted by Crippen LogP contribution is -2.54. The smallest absolute Gasteiger partial charge is 0.270 e. The molecule has 2 aromatic rings. The van der Waals surface area contributed by atoms with Crippen molar-refractivity contribution in [2.45, 2.75) is 12.8 Å². The van der Waals surface area contributed by atoms with Gasteiger partial charge in [0.05, 0.1) is 25.6 Å². The molecule has 0 saturated carbocycles. The number of hydrogen-bond acceptors (Lipinski definition) is 6. The van der Waals surface area contributed by atoms with Gasteiger partial charge in [0.2, 0.25) is 0 Å². The topological polar surface area (TPSA) is 71.1 Å². The molecule has 2 aliphatic rings. The van der Waals surface area contributed by atoms with Crippen molar-refractivity contribution in [1.82, 2.24) is 5.32 Å². The Balaban J connectivity index is 1.76. The molecular weight excluding hydrogens is 414 g/mol. The number of amides is 2. The van der Waals surface area contributed by atoms with Crippen molar-refractivity contribution in [1.29, 1.82) is 0 Å². The van der Waals surface area contributed by atoms with Gasteiger partial charge in [-0.05, 0) is 49.3 Å². The van der Waals surface area contributed by atoms with Crippen molar-refractivity contribution in [3.8, 4) is 11.5 Å². The fraction of sp³-hybridized carbons (Fsp3) is 0.261. The lowest BCUT2D eigenvalue weighted by molar-refractivity contribution is -0.122. The number of benzene rings is 2. The first kappa shape index (κ1) is 20.9. The first-order chi connectivity index (χ1) is 15.0. The molecule has 8 heteroatoms. The quantitative estimate of drug-likeness (QED) is 0.440. The van der Waals surface area contributed by atoms with Crippen LogP contribution in [0.4, 0.5) is 11.4 Å². The number of para-hydroxylation sites is 1. The van der Waals surface area contributed by atoms with Crippen LogP contribution in [-0.2, 0) is 9.59 Å². The predicted molar refractivity (Wildman–Crippen MR) is 124 cm³/mol. The van der Waals surface area contributed by atoms with Crippen molar-refractivity contribution in [2.75, 3.05) is 37.1 Å². The lowest BCUT2D eigenvalue weighted by Gasteiger charge is -2.29. The van der Waals surface area contributed by atoms with Gasteiger partial charge in [0.25, 0.3) is 11.8 Å². The lowest BCUT2D eigenvalue weighted by atomic mass is 10.0. The van der Waals surface area contributed by atoms with Crippen LogP contribution in [0.3, 0.4) is 0 Å². The summed E-state index contributed by atoms with van der Waals surface area (Å²) in [6, 6.07) is 12.6. The van der Waals surface area contributed by atoms with E-state index in [0.717, 1.165) is 31.6 Å². The van der Waals surface area contributed by atoms with E-state index in [1.165, 1.54) is 11.0 Å². The molecule has 0 atom stereocenters. The van der Waals surface area contributed by atoms with Crippen LogP contribution in [0.15, 0.2) is 48.0 Å². The molecule has 7 nitrogen and oxygen atoms in total. The van der Waals surface area contributed by atoms with E-state index in [4.69, 9.17) is 21.7 Å². The maximum atomic E-state index is 13.2. The summed E-state index contributed by atoms with van der Waals surface area (Å²) in [4.78, 5) is 29.4. The molecule has 4 rings (SSSR count). The Hall–Kier alpha value is -3.39. The van der Waals surface area contributed by atoms with Gasteiger partial charge in [-0.15, -0.1) is 0 Å². The van der Waals surface area contributed by atoms with E-state index >= 15 is 0 Å². The second kappa shape index (κ2) is 8.77. The third kappa shape index (κ3) is 3.98. The molecule has 0 bridgehead atoms. The number of nitrogens with zero attached hydrogens (tertiary/aromatic N) is 2. The van der Waals surface area contributed by atoms with Crippen LogP contribution in [0.5, 0.6) is 11.5 Å². The standard InChI is InChI=1S/C23H23N3O4S/c1-29-19-14-18(25-10-6-7-11-25)20(30-2)13-15(19)12-17-21(27)24-23(31)26(22(17)28)16-8-4-3-5-9-16/h3-5,8-9,12-14H,6-7,10-11H2,1-2H3,(H,24,27,31)/b17-12+. The minimum absolute atomic E-state index is 0.0354. The molecule has 2 heterocycles. The number of hydrogen-bond donors (Lipinski definition) is 1. The Morgan fingerprint density at radius 3 is 2.32 bits per heavy atom. The molecular formula is C23H23N3O4S. The number of anilines is 2. The van der Waals surface area contributed by atoms with E-state index in [-0.39, 0.29) is 10.7 Å². The highest BCUT2D eigenvalue weighted by Crippen LogP contribution is 2.38. The molecule has 2 amide bonds. The minimum Gasteiger partial charge on any atom is -0.496 e. The molecule has 1 N–H and O–H groups in total. The van der Waals surface area contributed by atoms with Crippen molar-refractivity contribution in [2.24, 2.45) is 0 Å². The summed E-state index contributed by atoms with van der Waals surface area (Å²) in [6.45, 7) is 1.90. The van der Waals surface area contributed by atoms with Gasteiger partial charge in [-0.3, -0.25) is 19.8 Å². The molecule has 2 aromatic carbocycles. The van der Waals surface area contributed by atoms with E-state index in [9.17, 15) is 9.59 Å². The number of carbonyl (C=O) groups excluding carboxylic acids is 2. The Morgan fingerprint density at radius 1 is 1.00 bits per heavy atom. The van der Waals surface area contributed by atoms with Crippen molar-refractivity contribution in [3.63, 3.8) is 0 Å². The van der Waals surface area contributed by atoms with E-state index in [1.807, 2.05) is 12.1 Å². The summed E-state index contributed by atoms with van der Waals surface area (Å²) in [5, 5.41) is 2.65. The van der Waals surface area contributed by atoms with Gasteiger partial charge in [-0.2, -0.15) is 0 Å². The van der Waals surface area contributed by atoms with Crippen LogP contribution in [0.1, 0.15) is 18.4 Å². The third-order valence-corrected chi connectivity index (χ3v) is 5.68. The maximum Gasteiger partial charge on any atom is 0.270 e. The Morgan fingerprint density at radius 2 is 1.68 bits per heavy atom. The molecule has 0 unspecified atom stereocenters. The molecule has 0 radical (unpaired) electrons. The van der Waals surface area contributed by atoms with E-state index < -0.39 is 11.8 Å². The van der Waals surface area contributed by atoms with E-state index in [0.29, 0.717) is 22.7 Å². The number of carbonyl (C=O) groups is 2. The van der Waals surface area contributed by atoms with Crippen LogP contribution in [-0.4, -0.2) is 44.2 Å². The highest BCUT2D eigenvalue weighted by molar-refractivity contribution is 7.80. The first-order valence-corrected chi connectivity index (χ1v) is 10.4. The van der Waals surface area contributed by atoms with Gasteiger partial charge in [-0.1, -0.05) is 18.2 Å². The van der Waals surface area contributed by atoms with Gasteiger partial charge in [0.15, 0.2) is 5.11 Å². The van der Waals surface area contributed by atoms with Crippen molar-refractivity contribution in [3.05, 3.63) is 53.6 Å². The number of rotatable bonds is 5. The molecule has 2 fully saturated rings. The SMILES string of the molecule is COc1cc(N2CCCC2)c(OC)cc1/C=C1\C(=O)NC(=S)N(c2ccccc2)C1=O. The number of methoxy groups -OCH3 is 2. The van der Waals surface area contributed by atoms with Crippen molar-refractivity contribution >= 4 is 46.6 Å². The monoisotopic (exact) mass is 437 g/mol. The average Bonchev–Trinajstić information content (AvgIpc) is 3.31.